The average Bonchev–Trinajstić information content (AvgIpc) is 4.02. The van der Waals surface area contributed by atoms with Gasteiger partial charge >= 0.3 is 0 Å². The zero-order chi connectivity index (χ0) is 42.2. The van der Waals surface area contributed by atoms with Gasteiger partial charge in [-0.1, -0.05) is 39.0 Å². The number of halogens is 1. The van der Waals surface area contributed by atoms with E-state index in [0.717, 1.165) is 48.0 Å². The van der Waals surface area contributed by atoms with E-state index in [0.29, 0.717) is 44.8 Å². The molecule has 0 spiro atoms. The van der Waals surface area contributed by atoms with E-state index in [-0.39, 0.29) is 69.9 Å². The van der Waals surface area contributed by atoms with Gasteiger partial charge in [0.15, 0.2) is 5.65 Å². The molecule has 16 nitrogen and oxygen atoms in total. The van der Waals surface area contributed by atoms with Crippen LogP contribution >= 0.6 is 0 Å². The van der Waals surface area contributed by atoms with Crippen LogP contribution in [0.3, 0.4) is 0 Å². The maximum Gasteiger partial charge on any atom is 0.248 e. The van der Waals surface area contributed by atoms with Gasteiger partial charge in [-0.05, 0) is 66.6 Å². The third-order valence-electron chi connectivity index (χ3n) is 11.2. The van der Waals surface area contributed by atoms with Gasteiger partial charge in [0.05, 0.1) is 50.5 Å². The van der Waals surface area contributed by atoms with Gasteiger partial charge in [-0.2, -0.15) is 0 Å². The van der Waals surface area contributed by atoms with Gasteiger partial charge in [-0.15, -0.1) is 5.10 Å². The van der Waals surface area contributed by atoms with E-state index in [2.05, 4.69) is 20.1 Å². The second kappa shape index (κ2) is 19.4. The highest BCUT2D eigenvalue weighted by Crippen LogP contribution is 2.36. The number of hydrogen-bond acceptors (Lipinski definition) is 12. The first-order valence-electron chi connectivity index (χ1n) is 20.8. The summed E-state index contributed by atoms with van der Waals surface area (Å²) in [5.41, 5.74) is 2.63. The van der Waals surface area contributed by atoms with Crippen molar-refractivity contribution < 1.29 is 38.1 Å². The molecular weight excluding hydrogens is 774 g/mol. The van der Waals surface area contributed by atoms with Crippen molar-refractivity contribution in [2.75, 3.05) is 95.3 Å². The first kappa shape index (κ1) is 42.9. The Morgan fingerprint density at radius 2 is 1.62 bits per heavy atom. The number of piperazine rings is 1. The Morgan fingerprint density at radius 3 is 2.35 bits per heavy atom. The SMILES string of the molecule is CC(C)(C)[C@H](NC(=O)COCCOCCOCC(=O)N1CCN(c2cccc(-c3cnc4ccc(N5CCC[C@@H]5c5cccc(F)c5)nn34)n2)CC1)C(=O)N1CC[C@@H](O)C1. The summed E-state index contributed by atoms with van der Waals surface area (Å²) in [5, 5.41) is 17.6. The molecule has 3 aliphatic heterocycles. The molecule has 7 rings (SSSR count). The first-order valence-corrected chi connectivity index (χ1v) is 20.8. The zero-order valence-electron chi connectivity index (χ0n) is 34.7. The maximum atomic E-state index is 14.1. The molecule has 4 aromatic rings. The van der Waals surface area contributed by atoms with Crippen molar-refractivity contribution >= 4 is 35.0 Å². The van der Waals surface area contributed by atoms with E-state index >= 15 is 0 Å². The van der Waals surface area contributed by atoms with Gasteiger partial charge in [0.2, 0.25) is 17.7 Å². The predicted molar refractivity (Wildman–Crippen MR) is 222 cm³/mol. The number of likely N-dealkylation sites (tertiary alicyclic amines) is 1. The number of anilines is 2. The summed E-state index contributed by atoms with van der Waals surface area (Å²) in [7, 11) is 0. The molecule has 6 heterocycles. The number of benzene rings is 1. The van der Waals surface area contributed by atoms with Gasteiger partial charge in [0, 0.05) is 45.8 Å². The van der Waals surface area contributed by atoms with Crippen LogP contribution in [0.15, 0.2) is 60.8 Å². The number of fused-ring (bicyclic) bond motifs is 1. The molecule has 2 N–H and O–H groups in total. The molecule has 3 saturated heterocycles. The first-order chi connectivity index (χ1) is 28.9. The van der Waals surface area contributed by atoms with Crippen LogP contribution in [0.25, 0.3) is 17.0 Å². The fourth-order valence-corrected chi connectivity index (χ4v) is 7.95. The van der Waals surface area contributed by atoms with E-state index in [1.54, 1.807) is 28.1 Å². The van der Waals surface area contributed by atoms with Gasteiger partial charge in [-0.3, -0.25) is 14.4 Å². The van der Waals surface area contributed by atoms with Crippen LogP contribution in [0.2, 0.25) is 0 Å². The Labute approximate surface area is 349 Å². The Kier molecular flexibility index (Phi) is 13.9. The molecule has 3 fully saturated rings. The van der Waals surface area contributed by atoms with Crippen molar-refractivity contribution in [3.05, 3.63) is 72.2 Å². The number of amides is 3. The highest BCUT2D eigenvalue weighted by Gasteiger charge is 2.38. The number of hydrogen-bond donors (Lipinski definition) is 2. The van der Waals surface area contributed by atoms with Crippen LogP contribution in [0.4, 0.5) is 16.0 Å². The van der Waals surface area contributed by atoms with Crippen molar-refractivity contribution in [3.8, 4) is 11.4 Å². The van der Waals surface area contributed by atoms with Crippen LogP contribution < -0.4 is 15.1 Å². The van der Waals surface area contributed by atoms with Crippen molar-refractivity contribution in [1.29, 1.82) is 0 Å². The summed E-state index contributed by atoms with van der Waals surface area (Å²) in [6.07, 6.45) is 3.69. The number of imidazole rings is 1. The predicted octanol–water partition coefficient (Wildman–Crippen LogP) is 3.09. The molecule has 0 radical (unpaired) electrons. The number of rotatable bonds is 16. The minimum atomic E-state index is -0.734. The lowest BCUT2D eigenvalue weighted by Crippen LogP contribution is -2.55. The van der Waals surface area contributed by atoms with Crippen molar-refractivity contribution in [2.24, 2.45) is 5.41 Å². The number of ether oxygens (including phenoxy) is 3. The molecule has 0 bridgehead atoms. The fourth-order valence-electron chi connectivity index (χ4n) is 7.95. The number of carbonyl (C=O) groups is 3. The van der Waals surface area contributed by atoms with Crippen LogP contribution in [0.1, 0.15) is 51.6 Å². The second-order valence-electron chi connectivity index (χ2n) is 16.6. The molecular formula is C43H56FN9O7. The van der Waals surface area contributed by atoms with E-state index in [1.807, 2.05) is 61.7 Å². The number of aromatic nitrogens is 4. The number of nitrogens with zero attached hydrogens (tertiary/aromatic N) is 8. The molecule has 322 valence electrons. The van der Waals surface area contributed by atoms with Gasteiger partial charge < -0.3 is 44.2 Å². The summed E-state index contributed by atoms with van der Waals surface area (Å²) in [6.45, 7) is 10.1. The number of β-amino-alcohol motifs (C(OH)–C–C–N with tert-alkyl or cyclic N) is 1. The zero-order valence-corrected chi connectivity index (χ0v) is 34.7. The van der Waals surface area contributed by atoms with Crippen molar-refractivity contribution in [2.45, 2.75) is 58.2 Å². The molecule has 0 unspecified atom stereocenters. The van der Waals surface area contributed by atoms with E-state index < -0.39 is 23.5 Å². The number of nitrogens with one attached hydrogen (secondary N) is 1. The molecule has 60 heavy (non-hydrogen) atoms. The monoisotopic (exact) mass is 829 g/mol. The quantitative estimate of drug-likeness (QED) is 0.159. The standard InChI is InChI=1S/C43H56FN9O7/c1-43(2,3)41(42(57)51-16-14-32(54)27-51)47-39(55)28-59-23-21-58-22-24-60-29-40(56)50-19-17-49(18-20-50)37-11-5-9-33(46-37)35-26-45-36-12-13-38(48-53(35)36)52-15-6-10-34(52)30-7-4-8-31(44)25-30/h4-5,7-9,11-13,25-26,32,34,41,54H,6,10,14-24,27-29H2,1-3H3,(H,47,55)/t32-,34-,41-/m1/s1. The summed E-state index contributed by atoms with van der Waals surface area (Å²) in [5.74, 6) is 0.661. The largest absolute Gasteiger partial charge is 0.391 e. The molecule has 3 atom stereocenters. The summed E-state index contributed by atoms with van der Waals surface area (Å²) < 4.78 is 32.5. The van der Waals surface area contributed by atoms with Crippen LogP contribution in [0.5, 0.6) is 0 Å². The minimum absolute atomic E-state index is 0.0437. The molecule has 17 heteroatoms. The minimum Gasteiger partial charge on any atom is -0.391 e. The molecule has 3 amide bonds. The fraction of sp³-hybridized carbons (Fsp3) is 0.535. The van der Waals surface area contributed by atoms with E-state index in [9.17, 15) is 23.9 Å². The van der Waals surface area contributed by atoms with Gasteiger partial charge in [0.25, 0.3) is 0 Å². The lowest BCUT2D eigenvalue weighted by Gasteiger charge is -2.35. The lowest BCUT2D eigenvalue weighted by atomic mass is 9.85. The molecule has 0 aliphatic carbocycles. The van der Waals surface area contributed by atoms with E-state index in [1.165, 1.54) is 6.07 Å². The summed E-state index contributed by atoms with van der Waals surface area (Å²) in [6, 6.07) is 15.9. The summed E-state index contributed by atoms with van der Waals surface area (Å²) in [4.78, 5) is 55.8. The molecule has 0 saturated carbocycles. The summed E-state index contributed by atoms with van der Waals surface area (Å²) >= 11 is 0. The highest BCUT2D eigenvalue weighted by atomic mass is 19.1. The van der Waals surface area contributed by atoms with Crippen LogP contribution in [-0.4, -0.2) is 150 Å². The highest BCUT2D eigenvalue weighted by molar-refractivity contribution is 5.89. The Balaban J connectivity index is 0.807. The number of aliphatic hydroxyl groups is 1. The van der Waals surface area contributed by atoms with Gasteiger partial charge in [-0.25, -0.2) is 18.9 Å². The maximum absolute atomic E-state index is 14.1. The Hall–Kier alpha value is -5.23. The van der Waals surface area contributed by atoms with Crippen LogP contribution in [0, 0.1) is 11.2 Å². The molecule has 3 aliphatic rings. The molecule has 3 aromatic heterocycles. The lowest BCUT2D eigenvalue weighted by molar-refractivity contribution is -0.140. The van der Waals surface area contributed by atoms with Gasteiger partial charge in [0.1, 0.15) is 42.4 Å². The second-order valence-corrected chi connectivity index (χ2v) is 16.6. The number of aliphatic hydroxyl groups excluding tert-OH is 1. The Morgan fingerprint density at radius 1 is 0.867 bits per heavy atom. The molecule has 1 aromatic carbocycles. The van der Waals surface area contributed by atoms with Crippen LogP contribution in [-0.2, 0) is 28.6 Å². The smallest absolute Gasteiger partial charge is 0.248 e. The average molecular weight is 830 g/mol. The number of pyridine rings is 1. The topological polar surface area (TPSA) is 167 Å². The van der Waals surface area contributed by atoms with Crippen molar-refractivity contribution in [1.82, 2.24) is 34.7 Å². The van der Waals surface area contributed by atoms with E-state index in [4.69, 9.17) is 24.3 Å². The van der Waals surface area contributed by atoms with Crippen molar-refractivity contribution in [3.63, 3.8) is 0 Å². The third-order valence-corrected chi connectivity index (χ3v) is 11.2. The third kappa shape index (κ3) is 10.6. The number of carbonyl (C=O) groups excluding carboxylic acids is 3. The normalized spacial score (nSPS) is 19.0. The Bertz CT molecular complexity index is 2100.